The second kappa shape index (κ2) is 11.3. The molecule has 2 aromatic carbocycles. The summed E-state index contributed by atoms with van der Waals surface area (Å²) in [6, 6.07) is 13.7. The zero-order valence-corrected chi connectivity index (χ0v) is 17.8. The summed E-state index contributed by atoms with van der Waals surface area (Å²) in [6.45, 7) is 2.35. The van der Waals surface area contributed by atoms with E-state index in [2.05, 4.69) is 10.2 Å². The Morgan fingerprint density at radius 2 is 1.65 bits per heavy atom. The maximum Gasteiger partial charge on any atom is 0.269 e. The third kappa shape index (κ3) is 6.68. The number of hydrogen-bond acceptors (Lipinski definition) is 6. The summed E-state index contributed by atoms with van der Waals surface area (Å²) in [5, 5.41) is 13.7. The highest BCUT2D eigenvalue weighted by molar-refractivity contribution is 5.77. The summed E-state index contributed by atoms with van der Waals surface area (Å²) >= 11 is 0. The molecule has 1 heterocycles. The van der Waals surface area contributed by atoms with E-state index >= 15 is 0 Å². The van der Waals surface area contributed by atoms with Crippen molar-refractivity contribution in [3.8, 4) is 11.5 Å². The Hall–Kier alpha value is -3.13. The van der Waals surface area contributed by atoms with E-state index in [1.807, 2.05) is 24.3 Å². The third-order valence-corrected chi connectivity index (χ3v) is 5.49. The molecule has 8 nitrogen and oxygen atoms in total. The Labute approximate surface area is 182 Å². The minimum Gasteiger partial charge on any atom is -0.497 e. The van der Waals surface area contributed by atoms with Crippen LogP contribution in [0.4, 0.5) is 5.69 Å². The first-order valence-electron chi connectivity index (χ1n) is 10.6. The predicted molar refractivity (Wildman–Crippen MR) is 117 cm³/mol. The van der Waals surface area contributed by atoms with Gasteiger partial charge in [0, 0.05) is 18.7 Å². The SMILES string of the molecule is COc1ccc(C(CNC(=O)COc2ccc([N+](=O)[O-])cc2)N2CCCCCC2)cc1. The van der Waals surface area contributed by atoms with Gasteiger partial charge in [0.05, 0.1) is 18.1 Å². The lowest BCUT2D eigenvalue weighted by Crippen LogP contribution is -2.40. The van der Waals surface area contributed by atoms with Crippen molar-refractivity contribution in [2.75, 3.05) is 33.4 Å². The lowest BCUT2D eigenvalue weighted by atomic mass is 10.0. The van der Waals surface area contributed by atoms with Crippen LogP contribution >= 0.6 is 0 Å². The molecule has 1 unspecified atom stereocenters. The van der Waals surface area contributed by atoms with E-state index in [9.17, 15) is 14.9 Å². The number of amides is 1. The Balaban J connectivity index is 1.59. The van der Waals surface area contributed by atoms with Crippen molar-refractivity contribution >= 4 is 11.6 Å². The van der Waals surface area contributed by atoms with Crippen LogP contribution in [0.15, 0.2) is 48.5 Å². The van der Waals surface area contributed by atoms with Crippen molar-refractivity contribution < 1.29 is 19.2 Å². The molecule has 0 bridgehead atoms. The highest BCUT2D eigenvalue weighted by atomic mass is 16.6. The van der Waals surface area contributed by atoms with Gasteiger partial charge in [-0.05, 0) is 55.8 Å². The molecule has 0 aliphatic carbocycles. The average molecular weight is 428 g/mol. The van der Waals surface area contributed by atoms with E-state index in [-0.39, 0.29) is 24.2 Å². The van der Waals surface area contributed by atoms with E-state index in [0.717, 1.165) is 37.2 Å². The fourth-order valence-electron chi connectivity index (χ4n) is 3.77. The van der Waals surface area contributed by atoms with E-state index in [4.69, 9.17) is 9.47 Å². The number of nitrogens with one attached hydrogen (secondary N) is 1. The molecule has 1 saturated heterocycles. The first kappa shape index (κ1) is 22.6. The van der Waals surface area contributed by atoms with Crippen molar-refractivity contribution in [1.29, 1.82) is 0 Å². The summed E-state index contributed by atoms with van der Waals surface area (Å²) in [5.74, 6) is 0.991. The minimum atomic E-state index is -0.474. The molecule has 1 N–H and O–H groups in total. The second-order valence-electron chi connectivity index (χ2n) is 7.58. The summed E-state index contributed by atoms with van der Waals surface area (Å²) < 4.78 is 10.7. The number of likely N-dealkylation sites (tertiary alicyclic amines) is 1. The fraction of sp³-hybridized carbons (Fsp3) is 0.435. The van der Waals surface area contributed by atoms with Gasteiger partial charge in [0.25, 0.3) is 11.6 Å². The lowest BCUT2D eigenvalue weighted by Gasteiger charge is -2.31. The lowest BCUT2D eigenvalue weighted by molar-refractivity contribution is -0.384. The Morgan fingerprint density at radius 1 is 1.03 bits per heavy atom. The molecule has 3 rings (SSSR count). The number of rotatable bonds is 9. The molecule has 1 fully saturated rings. The van der Waals surface area contributed by atoms with Gasteiger partial charge in [-0.25, -0.2) is 0 Å². The molecule has 0 spiro atoms. The zero-order valence-electron chi connectivity index (χ0n) is 17.8. The molecule has 31 heavy (non-hydrogen) atoms. The van der Waals surface area contributed by atoms with Crippen LogP contribution in [0.25, 0.3) is 0 Å². The molecule has 8 heteroatoms. The van der Waals surface area contributed by atoms with Gasteiger partial charge in [0.1, 0.15) is 11.5 Å². The number of methoxy groups -OCH3 is 1. The fourth-order valence-corrected chi connectivity index (χ4v) is 3.77. The molecule has 1 amide bonds. The molecule has 1 aliphatic rings. The summed E-state index contributed by atoms with van der Waals surface area (Å²) in [6.07, 6.45) is 4.79. The molecule has 1 aliphatic heterocycles. The number of carbonyl (C=O) groups is 1. The number of nitrogens with zero attached hydrogens (tertiary/aromatic N) is 2. The number of non-ortho nitro benzene ring substituents is 1. The number of nitro benzene ring substituents is 1. The van der Waals surface area contributed by atoms with E-state index in [1.165, 1.54) is 37.1 Å². The predicted octanol–water partition coefficient (Wildman–Crippen LogP) is 3.72. The molecular weight excluding hydrogens is 398 g/mol. The Bertz CT molecular complexity index is 847. The van der Waals surface area contributed by atoms with Gasteiger partial charge < -0.3 is 14.8 Å². The van der Waals surface area contributed by atoms with Crippen LogP contribution in [0.5, 0.6) is 11.5 Å². The molecule has 0 saturated carbocycles. The molecule has 2 aromatic rings. The molecule has 0 aromatic heterocycles. The second-order valence-corrected chi connectivity index (χ2v) is 7.58. The van der Waals surface area contributed by atoms with Gasteiger partial charge in [-0.15, -0.1) is 0 Å². The highest BCUT2D eigenvalue weighted by Crippen LogP contribution is 2.25. The zero-order chi connectivity index (χ0) is 22.1. The van der Waals surface area contributed by atoms with Gasteiger partial charge in [-0.2, -0.15) is 0 Å². The van der Waals surface area contributed by atoms with Crippen molar-refractivity contribution in [1.82, 2.24) is 10.2 Å². The number of nitro groups is 1. The number of hydrogen-bond donors (Lipinski definition) is 1. The van der Waals surface area contributed by atoms with Gasteiger partial charge >= 0.3 is 0 Å². The maximum atomic E-state index is 12.4. The Morgan fingerprint density at radius 3 is 2.23 bits per heavy atom. The van der Waals surface area contributed by atoms with Gasteiger partial charge in [0.15, 0.2) is 6.61 Å². The topological polar surface area (TPSA) is 93.9 Å². The Kier molecular flexibility index (Phi) is 8.23. The van der Waals surface area contributed by atoms with Crippen LogP contribution in [0.3, 0.4) is 0 Å². The average Bonchev–Trinajstić information content (AvgIpc) is 3.08. The first-order valence-corrected chi connectivity index (χ1v) is 10.6. The minimum absolute atomic E-state index is 0.0171. The molecule has 0 radical (unpaired) electrons. The van der Waals surface area contributed by atoms with Gasteiger partial charge in [-0.1, -0.05) is 25.0 Å². The standard InChI is InChI=1S/C23H29N3O5/c1-30-20-10-6-18(7-11-20)22(25-14-4-2-3-5-15-25)16-24-23(27)17-31-21-12-8-19(9-13-21)26(28)29/h6-13,22H,2-5,14-17H2,1H3,(H,24,27). The molecule has 166 valence electrons. The number of ether oxygens (including phenoxy) is 2. The van der Waals surface area contributed by atoms with Crippen LogP contribution < -0.4 is 14.8 Å². The summed E-state index contributed by atoms with van der Waals surface area (Å²) in [4.78, 5) is 25.1. The van der Waals surface area contributed by atoms with Gasteiger partial charge in [0.2, 0.25) is 0 Å². The van der Waals surface area contributed by atoms with Crippen LogP contribution in [-0.4, -0.2) is 49.1 Å². The summed E-state index contributed by atoms with van der Waals surface area (Å²) in [5.41, 5.74) is 1.12. The van der Waals surface area contributed by atoms with Crippen LogP contribution in [0.1, 0.15) is 37.3 Å². The van der Waals surface area contributed by atoms with E-state index in [0.29, 0.717) is 12.3 Å². The van der Waals surface area contributed by atoms with Crippen LogP contribution in [-0.2, 0) is 4.79 Å². The number of carbonyl (C=O) groups excluding carboxylic acids is 1. The van der Waals surface area contributed by atoms with Crippen molar-refractivity contribution in [3.63, 3.8) is 0 Å². The smallest absolute Gasteiger partial charge is 0.269 e. The largest absolute Gasteiger partial charge is 0.497 e. The first-order chi connectivity index (χ1) is 15.1. The van der Waals surface area contributed by atoms with E-state index < -0.39 is 4.92 Å². The van der Waals surface area contributed by atoms with Gasteiger partial charge in [-0.3, -0.25) is 19.8 Å². The van der Waals surface area contributed by atoms with Crippen molar-refractivity contribution in [3.05, 3.63) is 64.2 Å². The summed E-state index contributed by atoms with van der Waals surface area (Å²) in [7, 11) is 1.65. The monoisotopic (exact) mass is 427 g/mol. The highest BCUT2D eigenvalue weighted by Gasteiger charge is 2.22. The van der Waals surface area contributed by atoms with Crippen molar-refractivity contribution in [2.45, 2.75) is 31.7 Å². The van der Waals surface area contributed by atoms with Crippen LogP contribution in [0, 0.1) is 10.1 Å². The third-order valence-electron chi connectivity index (χ3n) is 5.49. The van der Waals surface area contributed by atoms with Crippen LogP contribution in [0.2, 0.25) is 0 Å². The van der Waals surface area contributed by atoms with E-state index in [1.54, 1.807) is 7.11 Å². The maximum absolute atomic E-state index is 12.4. The molecule has 1 atom stereocenters. The van der Waals surface area contributed by atoms with Crippen molar-refractivity contribution in [2.24, 2.45) is 0 Å². The quantitative estimate of drug-likeness (QED) is 0.484. The number of benzene rings is 2. The normalized spacial score (nSPS) is 15.5. The molecular formula is C23H29N3O5.